The zero-order chi connectivity index (χ0) is 24.9. The Labute approximate surface area is 207 Å². The van der Waals surface area contributed by atoms with Crippen molar-refractivity contribution in [2.75, 3.05) is 13.2 Å². The van der Waals surface area contributed by atoms with Gasteiger partial charge in [-0.25, -0.2) is 14.6 Å². The largest absolute Gasteiger partial charge is 0.477 e. The molecule has 0 saturated carbocycles. The number of rotatable bonds is 9. The highest BCUT2D eigenvalue weighted by atomic mass is 32.1. The van der Waals surface area contributed by atoms with Crippen molar-refractivity contribution in [2.24, 2.45) is 11.8 Å². The molecule has 0 spiro atoms. The first-order valence-electron chi connectivity index (χ1n) is 11.4. The second-order valence-electron chi connectivity index (χ2n) is 8.70. The van der Waals surface area contributed by atoms with Crippen LogP contribution in [0.1, 0.15) is 45.6 Å². The predicted molar refractivity (Wildman–Crippen MR) is 132 cm³/mol. The lowest BCUT2D eigenvalue weighted by atomic mass is 9.95. The van der Waals surface area contributed by atoms with Crippen LogP contribution >= 0.6 is 11.3 Å². The van der Waals surface area contributed by atoms with Gasteiger partial charge in [0.05, 0.1) is 18.7 Å². The number of carbonyl (C=O) groups excluding carboxylic acids is 2. The average molecular weight is 494 g/mol. The molecule has 0 aliphatic heterocycles. The summed E-state index contributed by atoms with van der Waals surface area (Å²) in [5, 5.41) is 15.0. The van der Waals surface area contributed by atoms with E-state index in [1.54, 1.807) is 0 Å². The van der Waals surface area contributed by atoms with E-state index in [4.69, 9.17) is 9.84 Å². The van der Waals surface area contributed by atoms with E-state index in [2.05, 4.69) is 39.9 Å². The van der Waals surface area contributed by atoms with Gasteiger partial charge < -0.3 is 20.5 Å². The van der Waals surface area contributed by atoms with E-state index in [-0.39, 0.29) is 42.3 Å². The van der Waals surface area contributed by atoms with Crippen molar-refractivity contribution in [2.45, 2.75) is 26.3 Å². The summed E-state index contributed by atoms with van der Waals surface area (Å²) in [5.41, 5.74) is 4.58. The number of benzene rings is 2. The predicted octanol–water partition coefficient (Wildman–Crippen LogP) is 4.27. The first kappa shape index (κ1) is 24.4. The number of ether oxygens (including phenoxy) is 1. The summed E-state index contributed by atoms with van der Waals surface area (Å²) >= 11 is 1.02. The Hall–Kier alpha value is -3.72. The number of fused-ring (bicyclic) bond motifs is 3. The van der Waals surface area contributed by atoms with Gasteiger partial charge in [-0.3, -0.25) is 4.79 Å². The van der Waals surface area contributed by atoms with E-state index >= 15 is 0 Å². The molecule has 1 aliphatic carbocycles. The van der Waals surface area contributed by atoms with Gasteiger partial charge in [0.25, 0.3) is 0 Å². The lowest BCUT2D eigenvalue weighted by Gasteiger charge is -2.21. The van der Waals surface area contributed by atoms with Crippen LogP contribution < -0.4 is 10.6 Å². The van der Waals surface area contributed by atoms with Crippen LogP contribution in [0.25, 0.3) is 11.1 Å². The molecule has 3 aromatic rings. The molecule has 1 aromatic heterocycles. The molecule has 2 amide bonds. The molecule has 0 saturated heterocycles. The van der Waals surface area contributed by atoms with Crippen LogP contribution in [0.2, 0.25) is 0 Å². The molecule has 1 unspecified atom stereocenters. The van der Waals surface area contributed by atoms with Crippen molar-refractivity contribution in [1.29, 1.82) is 0 Å². The fourth-order valence-electron chi connectivity index (χ4n) is 4.26. The highest BCUT2D eigenvalue weighted by molar-refractivity contribution is 7.13. The van der Waals surface area contributed by atoms with E-state index in [1.165, 1.54) is 6.20 Å². The van der Waals surface area contributed by atoms with E-state index < -0.39 is 18.0 Å². The lowest BCUT2D eigenvalue weighted by molar-refractivity contribution is -0.126. The molecule has 1 heterocycles. The van der Waals surface area contributed by atoms with E-state index in [9.17, 15) is 14.4 Å². The lowest BCUT2D eigenvalue weighted by Crippen LogP contribution is -2.41. The quantitative estimate of drug-likeness (QED) is 0.410. The molecular formula is C26H27N3O5S. The fourth-order valence-corrected chi connectivity index (χ4v) is 4.95. The van der Waals surface area contributed by atoms with Gasteiger partial charge in [0, 0.05) is 12.5 Å². The molecule has 3 N–H and O–H groups in total. The molecule has 182 valence electrons. The summed E-state index contributed by atoms with van der Waals surface area (Å²) in [4.78, 5) is 40.3. The van der Waals surface area contributed by atoms with Crippen molar-refractivity contribution in [3.8, 4) is 11.1 Å². The smallest absolute Gasteiger partial charge is 0.407 e. The molecule has 8 nitrogen and oxygen atoms in total. The molecule has 1 aliphatic rings. The molecular weight excluding hydrogens is 466 g/mol. The minimum absolute atomic E-state index is 0.0326. The van der Waals surface area contributed by atoms with E-state index in [0.29, 0.717) is 5.01 Å². The third kappa shape index (κ3) is 5.51. The molecule has 2 aromatic carbocycles. The third-order valence-electron chi connectivity index (χ3n) is 6.13. The molecule has 0 fully saturated rings. The summed E-state index contributed by atoms with van der Waals surface area (Å²) in [6, 6.07) is 16.2. The summed E-state index contributed by atoms with van der Waals surface area (Å²) in [7, 11) is 0. The normalized spacial score (nSPS) is 13.1. The van der Waals surface area contributed by atoms with Gasteiger partial charge in [-0.15, -0.1) is 11.3 Å². The zero-order valence-electron chi connectivity index (χ0n) is 19.5. The van der Waals surface area contributed by atoms with Crippen molar-refractivity contribution < 1.29 is 24.2 Å². The van der Waals surface area contributed by atoms with Crippen molar-refractivity contribution in [3.63, 3.8) is 0 Å². The van der Waals surface area contributed by atoms with E-state index in [0.717, 1.165) is 33.6 Å². The highest BCUT2D eigenvalue weighted by Gasteiger charge is 2.29. The van der Waals surface area contributed by atoms with E-state index in [1.807, 2.05) is 38.1 Å². The van der Waals surface area contributed by atoms with Gasteiger partial charge in [0.15, 0.2) is 0 Å². The number of aromatic carboxylic acids is 1. The Balaban J connectivity index is 1.30. The van der Waals surface area contributed by atoms with Gasteiger partial charge in [-0.05, 0) is 28.2 Å². The van der Waals surface area contributed by atoms with Crippen LogP contribution in [0.15, 0.2) is 54.7 Å². The molecule has 1 atom stereocenters. The number of thiazole rings is 1. The van der Waals surface area contributed by atoms with Crippen LogP contribution in [-0.4, -0.2) is 41.2 Å². The Morgan fingerprint density at radius 1 is 1.03 bits per heavy atom. The molecule has 35 heavy (non-hydrogen) atoms. The molecule has 0 bridgehead atoms. The number of carboxylic acid groups (broad SMARTS) is 1. The third-order valence-corrected chi connectivity index (χ3v) is 7.12. The minimum atomic E-state index is -1.05. The van der Waals surface area contributed by atoms with Gasteiger partial charge >= 0.3 is 12.1 Å². The SMILES string of the molecule is CC(C)C(CNC(=O)OCC1c2ccccc2-c2ccccc21)C(=O)NCc1ncc(C(=O)O)s1. The van der Waals surface area contributed by atoms with Crippen LogP contribution in [0.3, 0.4) is 0 Å². The van der Waals surface area contributed by atoms with Gasteiger partial charge in [-0.2, -0.15) is 0 Å². The van der Waals surface area contributed by atoms with Crippen molar-refractivity contribution >= 4 is 29.3 Å². The maximum atomic E-state index is 12.7. The average Bonchev–Trinajstić information content (AvgIpc) is 3.44. The van der Waals surface area contributed by atoms with Crippen molar-refractivity contribution in [1.82, 2.24) is 15.6 Å². The molecule has 9 heteroatoms. The maximum Gasteiger partial charge on any atom is 0.407 e. The van der Waals surface area contributed by atoms with Crippen molar-refractivity contribution in [3.05, 3.63) is 75.7 Å². The van der Waals surface area contributed by atoms with Gasteiger partial charge in [0.1, 0.15) is 16.5 Å². The molecule has 0 radical (unpaired) electrons. The fraction of sp³-hybridized carbons (Fsp3) is 0.308. The standard InChI is InChI=1S/C26H27N3O5S/c1-15(2)20(24(30)28-13-23-27-12-22(35-23)25(31)32)11-29-26(33)34-14-21-18-9-5-3-7-16(18)17-8-4-6-10-19(17)21/h3-10,12,15,20-21H,11,13-14H2,1-2H3,(H,28,30)(H,29,33)(H,31,32). The number of nitrogens with one attached hydrogen (secondary N) is 2. The number of alkyl carbamates (subject to hydrolysis) is 1. The van der Waals surface area contributed by atoms with Gasteiger partial charge in [-0.1, -0.05) is 62.4 Å². The maximum absolute atomic E-state index is 12.7. The van der Waals surface area contributed by atoms with Crippen LogP contribution in [-0.2, 0) is 16.1 Å². The topological polar surface area (TPSA) is 118 Å². The second kappa shape index (κ2) is 10.7. The summed E-state index contributed by atoms with van der Waals surface area (Å²) in [6.45, 7) is 4.25. The Bertz CT molecular complexity index is 1190. The van der Waals surface area contributed by atoms with Crippen LogP contribution in [0, 0.1) is 11.8 Å². The molecule has 4 rings (SSSR count). The Morgan fingerprint density at radius 2 is 1.66 bits per heavy atom. The minimum Gasteiger partial charge on any atom is -0.477 e. The number of hydrogen-bond donors (Lipinski definition) is 3. The number of carboxylic acids is 1. The Kier molecular flexibility index (Phi) is 7.45. The number of nitrogens with zero attached hydrogens (tertiary/aromatic N) is 1. The second-order valence-corrected chi connectivity index (χ2v) is 9.81. The first-order valence-corrected chi connectivity index (χ1v) is 12.2. The summed E-state index contributed by atoms with van der Waals surface area (Å²) < 4.78 is 5.56. The van der Waals surface area contributed by atoms with Crippen LogP contribution in [0.5, 0.6) is 0 Å². The van der Waals surface area contributed by atoms with Crippen LogP contribution in [0.4, 0.5) is 4.79 Å². The number of aromatic nitrogens is 1. The zero-order valence-corrected chi connectivity index (χ0v) is 20.3. The highest BCUT2D eigenvalue weighted by Crippen LogP contribution is 2.44. The Morgan fingerprint density at radius 3 is 2.23 bits per heavy atom. The summed E-state index contributed by atoms with van der Waals surface area (Å²) in [6.07, 6.45) is 0.698. The summed E-state index contributed by atoms with van der Waals surface area (Å²) in [5.74, 6) is -1.84. The monoisotopic (exact) mass is 493 g/mol. The van der Waals surface area contributed by atoms with Gasteiger partial charge in [0.2, 0.25) is 5.91 Å². The number of hydrogen-bond acceptors (Lipinski definition) is 6. The number of amides is 2. The number of carbonyl (C=O) groups is 3. The first-order chi connectivity index (χ1) is 16.8.